The molecule has 1 amide bonds. The van der Waals surface area contributed by atoms with E-state index in [9.17, 15) is 14.7 Å². The van der Waals surface area contributed by atoms with Gasteiger partial charge in [-0.25, -0.2) is 0 Å². The fraction of sp³-hybridized carbons (Fsp3) is 0.474. The first kappa shape index (κ1) is 19.0. The summed E-state index contributed by atoms with van der Waals surface area (Å²) in [6.07, 6.45) is 0. The Morgan fingerprint density at radius 3 is 2.36 bits per heavy atom. The van der Waals surface area contributed by atoms with Crippen LogP contribution in [0.2, 0.25) is 0 Å². The Morgan fingerprint density at radius 1 is 1.28 bits per heavy atom. The summed E-state index contributed by atoms with van der Waals surface area (Å²) in [5.41, 5.74) is 0.963. The second-order valence-corrected chi connectivity index (χ2v) is 6.76. The second kappa shape index (κ2) is 7.70. The van der Waals surface area contributed by atoms with Crippen LogP contribution in [-0.4, -0.2) is 60.9 Å². The number of nitrogens with zero attached hydrogens (tertiary/aromatic N) is 2. The molecule has 0 radical (unpaired) electrons. The topological polar surface area (TPSA) is 70.1 Å². The highest BCUT2D eigenvalue weighted by molar-refractivity contribution is 6.09. The van der Waals surface area contributed by atoms with Crippen LogP contribution in [0.3, 0.4) is 0 Å². The van der Waals surface area contributed by atoms with E-state index in [1.54, 1.807) is 38.0 Å². The Hall–Kier alpha value is -2.34. The van der Waals surface area contributed by atoms with Crippen molar-refractivity contribution in [1.82, 2.24) is 9.80 Å². The van der Waals surface area contributed by atoms with Crippen LogP contribution < -0.4 is 4.74 Å². The van der Waals surface area contributed by atoms with Gasteiger partial charge in [-0.05, 0) is 31.8 Å². The van der Waals surface area contributed by atoms with Gasteiger partial charge in [0.25, 0.3) is 5.91 Å². The monoisotopic (exact) mass is 346 g/mol. The Balaban J connectivity index is 2.47. The number of likely N-dealkylation sites (N-methyl/N-ethyl adjacent to an activating group) is 1. The highest BCUT2D eigenvalue weighted by Crippen LogP contribution is 2.39. The van der Waals surface area contributed by atoms with Gasteiger partial charge in [-0.2, -0.15) is 0 Å². The molecular formula is C19H26N2O4. The molecule has 1 aliphatic heterocycles. The minimum absolute atomic E-state index is 0.184. The van der Waals surface area contributed by atoms with Gasteiger partial charge in [0.2, 0.25) is 0 Å². The summed E-state index contributed by atoms with van der Waals surface area (Å²) >= 11 is 0. The van der Waals surface area contributed by atoms with Crippen LogP contribution in [0.25, 0.3) is 0 Å². The number of benzene rings is 1. The maximum absolute atomic E-state index is 12.7. The summed E-state index contributed by atoms with van der Waals surface area (Å²) in [5, 5.41) is 10.4. The van der Waals surface area contributed by atoms with Gasteiger partial charge < -0.3 is 19.6 Å². The molecule has 0 fully saturated rings. The van der Waals surface area contributed by atoms with Crippen molar-refractivity contribution in [3.8, 4) is 5.75 Å². The third-order valence-corrected chi connectivity index (χ3v) is 4.31. The van der Waals surface area contributed by atoms with Crippen molar-refractivity contribution in [2.45, 2.75) is 19.9 Å². The number of aliphatic hydroxyl groups excluding tert-OH is 1. The van der Waals surface area contributed by atoms with Gasteiger partial charge >= 0.3 is 0 Å². The van der Waals surface area contributed by atoms with Crippen molar-refractivity contribution < 1.29 is 19.4 Å². The van der Waals surface area contributed by atoms with E-state index in [1.165, 1.54) is 0 Å². The molecule has 0 spiro atoms. The molecule has 0 saturated heterocycles. The Bertz CT molecular complexity index is 677. The van der Waals surface area contributed by atoms with E-state index in [-0.39, 0.29) is 17.3 Å². The predicted octanol–water partition coefficient (Wildman–Crippen LogP) is 2.18. The number of carbonyl (C=O) groups excluding carboxylic acids is 2. The molecule has 1 aliphatic rings. The average Bonchev–Trinajstić information content (AvgIpc) is 2.83. The molecule has 2 rings (SSSR count). The molecule has 1 unspecified atom stereocenters. The molecule has 0 aromatic heterocycles. The maximum atomic E-state index is 12.7. The lowest BCUT2D eigenvalue weighted by molar-refractivity contribution is -0.129. The zero-order valence-corrected chi connectivity index (χ0v) is 15.4. The summed E-state index contributed by atoms with van der Waals surface area (Å²) in [7, 11) is 5.41. The van der Waals surface area contributed by atoms with Crippen molar-refractivity contribution in [3.63, 3.8) is 0 Å². The minimum Gasteiger partial charge on any atom is -0.503 e. The van der Waals surface area contributed by atoms with E-state index in [2.05, 4.69) is 0 Å². The highest BCUT2D eigenvalue weighted by Gasteiger charge is 2.43. The Morgan fingerprint density at radius 2 is 1.88 bits per heavy atom. The summed E-state index contributed by atoms with van der Waals surface area (Å²) < 4.78 is 5.18. The van der Waals surface area contributed by atoms with Crippen molar-refractivity contribution in [1.29, 1.82) is 0 Å². The first-order chi connectivity index (χ1) is 11.8. The van der Waals surface area contributed by atoms with Crippen molar-refractivity contribution in [2.24, 2.45) is 5.92 Å². The average molecular weight is 346 g/mol. The predicted molar refractivity (Wildman–Crippen MR) is 95.5 cm³/mol. The molecule has 0 saturated carbocycles. The smallest absolute Gasteiger partial charge is 0.290 e. The first-order valence-electron chi connectivity index (χ1n) is 8.35. The largest absolute Gasteiger partial charge is 0.503 e. The van der Waals surface area contributed by atoms with Crippen LogP contribution in [0.4, 0.5) is 0 Å². The maximum Gasteiger partial charge on any atom is 0.290 e. The molecule has 0 aliphatic carbocycles. The van der Waals surface area contributed by atoms with Gasteiger partial charge in [0, 0.05) is 19.0 Å². The molecule has 1 aromatic carbocycles. The van der Waals surface area contributed by atoms with Crippen molar-refractivity contribution >= 4 is 11.7 Å². The lowest BCUT2D eigenvalue weighted by Gasteiger charge is -2.28. The number of hydrogen-bond donors (Lipinski definition) is 1. The fourth-order valence-corrected chi connectivity index (χ4v) is 2.89. The molecule has 6 nitrogen and oxygen atoms in total. The number of methoxy groups -OCH3 is 1. The number of carbonyl (C=O) groups is 2. The molecule has 1 aromatic rings. The number of rotatable bonds is 7. The van der Waals surface area contributed by atoms with Crippen molar-refractivity contribution in [3.05, 3.63) is 41.2 Å². The normalized spacial score (nSPS) is 17.8. The summed E-state index contributed by atoms with van der Waals surface area (Å²) in [6, 6.07) is 6.65. The molecule has 0 bridgehead atoms. The quantitative estimate of drug-likeness (QED) is 0.819. The van der Waals surface area contributed by atoms with Gasteiger partial charge in [0.15, 0.2) is 11.5 Å². The fourth-order valence-electron chi connectivity index (χ4n) is 2.89. The van der Waals surface area contributed by atoms with E-state index in [1.807, 2.05) is 31.1 Å². The van der Waals surface area contributed by atoms with Crippen LogP contribution >= 0.6 is 0 Å². The lowest BCUT2D eigenvalue weighted by atomic mass is 9.91. The molecule has 1 N–H and O–H groups in total. The number of ketones is 1. The van der Waals surface area contributed by atoms with E-state index in [0.29, 0.717) is 18.8 Å². The number of aliphatic hydroxyl groups is 1. The van der Waals surface area contributed by atoms with Crippen LogP contribution in [0.5, 0.6) is 5.75 Å². The summed E-state index contributed by atoms with van der Waals surface area (Å²) in [4.78, 5) is 28.8. The number of hydrogen-bond acceptors (Lipinski definition) is 5. The Labute approximate surface area is 148 Å². The molecule has 136 valence electrons. The van der Waals surface area contributed by atoms with Gasteiger partial charge in [-0.1, -0.05) is 26.0 Å². The number of Topliss-reactive ketones (excluding diaryl/α,β-unsaturated/α-hetero) is 1. The molecular weight excluding hydrogens is 320 g/mol. The van der Waals surface area contributed by atoms with Gasteiger partial charge in [-0.3, -0.25) is 9.59 Å². The SMILES string of the molecule is COc1ccc(C2C(C(=O)C(C)C)=C(O)C(=O)N2CCN(C)C)cc1. The third-order valence-electron chi connectivity index (χ3n) is 4.31. The van der Waals surface area contributed by atoms with Crippen LogP contribution in [0.15, 0.2) is 35.6 Å². The second-order valence-electron chi connectivity index (χ2n) is 6.76. The van der Waals surface area contributed by atoms with Gasteiger partial charge in [0.05, 0.1) is 18.7 Å². The Kier molecular flexibility index (Phi) is 5.85. The molecule has 1 heterocycles. The minimum atomic E-state index is -0.576. The zero-order chi connectivity index (χ0) is 18.7. The molecule has 1 atom stereocenters. The van der Waals surface area contributed by atoms with Crippen molar-refractivity contribution in [2.75, 3.05) is 34.3 Å². The third kappa shape index (κ3) is 3.85. The highest BCUT2D eigenvalue weighted by atomic mass is 16.5. The zero-order valence-electron chi connectivity index (χ0n) is 15.4. The molecule has 25 heavy (non-hydrogen) atoms. The van der Waals surface area contributed by atoms with E-state index in [0.717, 1.165) is 5.56 Å². The van der Waals surface area contributed by atoms with Crippen LogP contribution in [0, 0.1) is 5.92 Å². The van der Waals surface area contributed by atoms with Gasteiger partial charge in [-0.15, -0.1) is 0 Å². The van der Waals surface area contributed by atoms with E-state index >= 15 is 0 Å². The number of ether oxygens (including phenoxy) is 1. The lowest BCUT2D eigenvalue weighted by Crippen LogP contribution is -2.36. The van der Waals surface area contributed by atoms with E-state index < -0.39 is 17.7 Å². The van der Waals surface area contributed by atoms with Gasteiger partial charge in [0.1, 0.15) is 5.75 Å². The standard InChI is InChI=1S/C19H26N2O4/c1-12(2)17(22)15-16(13-6-8-14(25-5)9-7-13)21(11-10-20(3)4)19(24)18(15)23/h6-9,12,16,23H,10-11H2,1-5H3. The van der Waals surface area contributed by atoms with Crippen LogP contribution in [0.1, 0.15) is 25.5 Å². The van der Waals surface area contributed by atoms with E-state index in [4.69, 9.17) is 4.74 Å². The first-order valence-corrected chi connectivity index (χ1v) is 8.35. The number of amides is 1. The van der Waals surface area contributed by atoms with Crippen LogP contribution in [-0.2, 0) is 9.59 Å². The summed E-state index contributed by atoms with van der Waals surface area (Å²) in [5.74, 6) is -0.749. The molecule has 6 heteroatoms. The summed E-state index contributed by atoms with van der Waals surface area (Å²) in [6.45, 7) is 4.58.